The second kappa shape index (κ2) is 6.80. The second-order valence-corrected chi connectivity index (χ2v) is 6.48. The number of piperidine rings is 1. The lowest BCUT2D eigenvalue weighted by Crippen LogP contribution is -2.40. The van der Waals surface area contributed by atoms with Gasteiger partial charge in [-0.1, -0.05) is 29.8 Å². The fourth-order valence-electron chi connectivity index (χ4n) is 3.51. The number of benzene rings is 1. The van der Waals surface area contributed by atoms with E-state index in [4.69, 9.17) is 0 Å². The van der Waals surface area contributed by atoms with Crippen molar-refractivity contribution >= 4 is 18.3 Å². The van der Waals surface area contributed by atoms with Gasteiger partial charge in [-0.05, 0) is 50.3 Å². The molecular formula is C17H25ClN2O. The Morgan fingerprint density at radius 1 is 1.19 bits per heavy atom. The number of aryl methyl sites for hydroxylation is 1. The van der Waals surface area contributed by atoms with Crippen molar-refractivity contribution in [3.63, 3.8) is 0 Å². The van der Waals surface area contributed by atoms with Crippen LogP contribution in [0.15, 0.2) is 24.3 Å². The number of carbonyl (C=O) groups excluding carboxylic acids is 1. The number of hydrogen-bond acceptors (Lipinski definition) is 2. The lowest BCUT2D eigenvalue weighted by atomic mass is 9.78. The minimum absolute atomic E-state index is 0. The van der Waals surface area contributed by atoms with Crippen molar-refractivity contribution in [1.29, 1.82) is 0 Å². The molecule has 0 bridgehead atoms. The molecule has 0 unspecified atom stereocenters. The first-order valence-corrected chi connectivity index (χ1v) is 7.71. The van der Waals surface area contributed by atoms with Crippen LogP contribution in [-0.4, -0.2) is 37.0 Å². The molecule has 0 atom stereocenters. The summed E-state index contributed by atoms with van der Waals surface area (Å²) in [6.45, 7) is 6.22. The minimum Gasteiger partial charge on any atom is -0.342 e. The molecule has 3 rings (SSSR count). The van der Waals surface area contributed by atoms with E-state index in [2.05, 4.69) is 41.4 Å². The third-order valence-corrected chi connectivity index (χ3v) is 4.93. The number of halogens is 1. The standard InChI is InChI=1S/C17H24N2O.ClH/c1-14-2-4-15(5-3-14)12-16(20)19-11-8-17(13-19)6-9-18-10-7-17;/h2-5,18H,6-13H2,1H3;1H. The van der Waals surface area contributed by atoms with Crippen LogP contribution in [0, 0.1) is 12.3 Å². The molecule has 1 spiro atoms. The van der Waals surface area contributed by atoms with Gasteiger partial charge in [0, 0.05) is 13.1 Å². The van der Waals surface area contributed by atoms with Crippen LogP contribution in [0.4, 0.5) is 0 Å². The molecule has 1 aromatic carbocycles. The third-order valence-electron chi connectivity index (χ3n) is 4.93. The van der Waals surface area contributed by atoms with Gasteiger partial charge in [-0.2, -0.15) is 0 Å². The van der Waals surface area contributed by atoms with E-state index < -0.39 is 0 Å². The first kappa shape index (κ1) is 16.3. The number of carbonyl (C=O) groups is 1. The first-order chi connectivity index (χ1) is 9.67. The normalized spacial score (nSPS) is 20.3. The molecule has 0 saturated carbocycles. The van der Waals surface area contributed by atoms with Crippen LogP contribution >= 0.6 is 12.4 Å². The molecule has 2 aliphatic rings. The van der Waals surface area contributed by atoms with Gasteiger partial charge in [0.2, 0.25) is 5.91 Å². The molecule has 1 N–H and O–H groups in total. The molecule has 0 aliphatic carbocycles. The van der Waals surface area contributed by atoms with Crippen molar-refractivity contribution < 1.29 is 4.79 Å². The van der Waals surface area contributed by atoms with Gasteiger partial charge in [0.15, 0.2) is 0 Å². The Kier molecular flexibility index (Phi) is 5.28. The Balaban J connectivity index is 0.00000161. The highest BCUT2D eigenvalue weighted by Crippen LogP contribution is 2.38. The number of rotatable bonds is 2. The van der Waals surface area contributed by atoms with Gasteiger partial charge in [-0.3, -0.25) is 4.79 Å². The summed E-state index contributed by atoms with van der Waals surface area (Å²) in [6.07, 6.45) is 4.19. The summed E-state index contributed by atoms with van der Waals surface area (Å²) in [7, 11) is 0. The maximum absolute atomic E-state index is 12.4. The van der Waals surface area contributed by atoms with Gasteiger partial charge in [-0.15, -0.1) is 12.4 Å². The molecule has 2 saturated heterocycles. The van der Waals surface area contributed by atoms with Gasteiger partial charge < -0.3 is 10.2 Å². The molecule has 2 heterocycles. The van der Waals surface area contributed by atoms with Gasteiger partial charge in [0.1, 0.15) is 0 Å². The van der Waals surface area contributed by atoms with E-state index in [1.807, 2.05) is 0 Å². The van der Waals surface area contributed by atoms with Crippen LogP contribution in [0.1, 0.15) is 30.4 Å². The summed E-state index contributed by atoms with van der Waals surface area (Å²) >= 11 is 0. The summed E-state index contributed by atoms with van der Waals surface area (Å²) in [6, 6.07) is 8.31. The fraction of sp³-hybridized carbons (Fsp3) is 0.588. The van der Waals surface area contributed by atoms with Crippen molar-refractivity contribution in [3.05, 3.63) is 35.4 Å². The fourth-order valence-corrected chi connectivity index (χ4v) is 3.51. The van der Waals surface area contributed by atoms with Gasteiger partial charge in [0.05, 0.1) is 6.42 Å². The van der Waals surface area contributed by atoms with Gasteiger partial charge >= 0.3 is 0 Å². The minimum atomic E-state index is 0. The Morgan fingerprint density at radius 2 is 1.86 bits per heavy atom. The summed E-state index contributed by atoms with van der Waals surface area (Å²) in [4.78, 5) is 14.5. The van der Waals surface area contributed by atoms with Crippen molar-refractivity contribution in [3.8, 4) is 0 Å². The summed E-state index contributed by atoms with van der Waals surface area (Å²) in [5.41, 5.74) is 2.79. The first-order valence-electron chi connectivity index (χ1n) is 7.71. The van der Waals surface area contributed by atoms with Crippen molar-refractivity contribution in [2.75, 3.05) is 26.2 Å². The smallest absolute Gasteiger partial charge is 0.227 e. The number of amides is 1. The monoisotopic (exact) mass is 308 g/mol. The lowest BCUT2D eigenvalue weighted by Gasteiger charge is -2.33. The molecule has 116 valence electrons. The highest BCUT2D eigenvalue weighted by atomic mass is 35.5. The predicted molar refractivity (Wildman–Crippen MR) is 87.9 cm³/mol. The largest absolute Gasteiger partial charge is 0.342 e. The van der Waals surface area contributed by atoms with E-state index in [0.717, 1.165) is 31.7 Å². The molecule has 3 nitrogen and oxygen atoms in total. The maximum Gasteiger partial charge on any atom is 0.227 e. The average Bonchev–Trinajstić information content (AvgIpc) is 2.86. The third kappa shape index (κ3) is 3.78. The zero-order valence-electron chi connectivity index (χ0n) is 12.7. The van der Waals surface area contributed by atoms with E-state index in [0.29, 0.717) is 17.7 Å². The number of likely N-dealkylation sites (tertiary alicyclic amines) is 1. The van der Waals surface area contributed by atoms with E-state index >= 15 is 0 Å². The molecular weight excluding hydrogens is 284 g/mol. The maximum atomic E-state index is 12.4. The van der Waals surface area contributed by atoms with Crippen LogP contribution in [0.3, 0.4) is 0 Å². The van der Waals surface area contributed by atoms with Crippen molar-refractivity contribution in [2.45, 2.75) is 32.6 Å². The Labute approximate surface area is 133 Å². The van der Waals surface area contributed by atoms with E-state index in [-0.39, 0.29) is 12.4 Å². The quantitative estimate of drug-likeness (QED) is 0.910. The van der Waals surface area contributed by atoms with Gasteiger partial charge in [0.25, 0.3) is 0 Å². The van der Waals surface area contributed by atoms with E-state index in [1.165, 1.54) is 24.8 Å². The number of nitrogens with zero attached hydrogens (tertiary/aromatic N) is 1. The summed E-state index contributed by atoms with van der Waals surface area (Å²) < 4.78 is 0. The topological polar surface area (TPSA) is 32.3 Å². The predicted octanol–water partition coefficient (Wildman–Crippen LogP) is 2.56. The SMILES string of the molecule is Cc1ccc(CC(=O)N2CCC3(CCNCC3)C2)cc1.Cl. The summed E-state index contributed by atoms with van der Waals surface area (Å²) in [5, 5.41) is 3.42. The number of hydrogen-bond donors (Lipinski definition) is 1. The van der Waals surface area contributed by atoms with Gasteiger partial charge in [-0.25, -0.2) is 0 Å². The molecule has 2 fully saturated rings. The number of nitrogens with one attached hydrogen (secondary N) is 1. The second-order valence-electron chi connectivity index (χ2n) is 6.48. The average molecular weight is 309 g/mol. The Bertz CT molecular complexity index is 480. The zero-order valence-corrected chi connectivity index (χ0v) is 13.5. The lowest BCUT2D eigenvalue weighted by molar-refractivity contribution is -0.129. The Morgan fingerprint density at radius 3 is 2.52 bits per heavy atom. The van der Waals surface area contributed by atoms with Crippen LogP contribution in [-0.2, 0) is 11.2 Å². The molecule has 0 radical (unpaired) electrons. The molecule has 2 aliphatic heterocycles. The molecule has 1 amide bonds. The van der Waals surface area contributed by atoms with Crippen LogP contribution < -0.4 is 5.32 Å². The van der Waals surface area contributed by atoms with Crippen LogP contribution in [0.2, 0.25) is 0 Å². The molecule has 1 aromatic rings. The van der Waals surface area contributed by atoms with Crippen LogP contribution in [0.5, 0.6) is 0 Å². The highest BCUT2D eigenvalue weighted by Gasteiger charge is 2.40. The van der Waals surface area contributed by atoms with E-state index in [1.54, 1.807) is 0 Å². The molecule has 4 heteroatoms. The highest BCUT2D eigenvalue weighted by molar-refractivity contribution is 5.85. The van der Waals surface area contributed by atoms with Crippen molar-refractivity contribution in [1.82, 2.24) is 10.2 Å². The zero-order chi connectivity index (χ0) is 14.0. The molecule has 0 aromatic heterocycles. The summed E-state index contributed by atoms with van der Waals surface area (Å²) in [5.74, 6) is 0.296. The van der Waals surface area contributed by atoms with E-state index in [9.17, 15) is 4.79 Å². The van der Waals surface area contributed by atoms with Crippen LogP contribution in [0.25, 0.3) is 0 Å². The Hall–Kier alpha value is -1.06. The molecule has 21 heavy (non-hydrogen) atoms. The van der Waals surface area contributed by atoms with Crippen molar-refractivity contribution in [2.24, 2.45) is 5.41 Å².